The molecule has 0 saturated carbocycles. The van der Waals surface area contributed by atoms with Crippen LogP contribution in [0.3, 0.4) is 0 Å². The van der Waals surface area contributed by atoms with Gasteiger partial charge in [0.25, 0.3) is 11.5 Å². The molecule has 8 nitrogen and oxygen atoms in total. The lowest BCUT2D eigenvalue weighted by Crippen LogP contribution is -2.29. The van der Waals surface area contributed by atoms with Gasteiger partial charge in [-0.15, -0.1) is 0 Å². The van der Waals surface area contributed by atoms with Crippen LogP contribution in [0, 0.1) is 6.92 Å². The minimum atomic E-state index is -0.548. The zero-order chi connectivity index (χ0) is 25.1. The first-order chi connectivity index (χ1) is 17.5. The maximum atomic E-state index is 13.1. The zero-order valence-electron chi connectivity index (χ0n) is 19.3. The second-order valence-corrected chi connectivity index (χ2v) is 8.44. The summed E-state index contributed by atoms with van der Waals surface area (Å²) in [5.41, 5.74) is 5.27. The van der Waals surface area contributed by atoms with Gasteiger partial charge in [0.1, 0.15) is 5.15 Å². The van der Waals surface area contributed by atoms with Crippen LogP contribution in [-0.4, -0.2) is 31.7 Å². The lowest BCUT2D eigenvalue weighted by atomic mass is 10.1. The van der Waals surface area contributed by atoms with Gasteiger partial charge in [0, 0.05) is 5.39 Å². The van der Waals surface area contributed by atoms with Crippen molar-refractivity contribution in [2.45, 2.75) is 13.5 Å². The molecule has 36 heavy (non-hydrogen) atoms. The third-order valence-corrected chi connectivity index (χ3v) is 6.03. The van der Waals surface area contributed by atoms with Crippen molar-refractivity contribution in [2.75, 3.05) is 0 Å². The Kier molecular flexibility index (Phi) is 6.42. The molecule has 0 spiro atoms. The number of carbonyl (C=O) groups excluding carboxylic acids is 1. The average molecular weight is 497 g/mol. The SMILES string of the molecule is Cc1nn(-c2ccccc2)c(Cl)c1/C=N/NC(=O)c1nn(Cc2ccccc2)c(=O)c2ccccc12. The predicted molar refractivity (Wildman–Crippen MR) is 140 cm³/mol. The van der Waals surface area contributed by atoms with Crippen molar-refractivity contribution < 1.29 is 4.79 Å². The maximum Gasteiger partial charge on any atom is 0.292 e. The fourth-order valence-electron chi connectivity index (χ4n) is 3.87. The van der Waals surface area contributed by atoms with Crippen molar-refractivity contribution in [3.05, 3.63) is 123 Å². The van der Waals surface area contributed by atoms with E-state index in [-0.39, 0.29) is 17.8 Å². The van der Waals surface area contributed by atoms with E-state index >= 15 is 0 Å². The van der Waals surface area contributed by atoms with Gasteiger partial charge in [0.05, 0.1) is 35.1 Å². The van der Waals surface area contributed by atoms with Crippen molar-refractivity contribution in [1.82, 2.24) is 25.0 Å². The number of aromatic nitrogens is 4. The van der Waals surface area contributed by atoms with Crippen molar-refractivity contribution >= 4 is 34.5 Å². The summed E-state index contributed by atoms with van der Waals surface area (Å²) in [4.78, 5) is 26.1. The third-order valence-electron chi connectivity index (χ3n) is 5.67. The van der Waals surface area contributed by atoms with Crippen molar-refractivity contribution in [2.24, 2.45) is 5.10 Å². The number of amides is 1. The number of hydrogen-bond acceptors (Lipinski definition) is 5. The predicted octanol–water partition coefficient (Wildman–Crippen LogP) is 4.36. The van der Waals surface area contributed by atoms with Crippen LogP contribution in [0.1, 0.15) is 27.3 Å². The molecule has 0 bridgehead atoms. The van der Waals surface area contributed by atoms with Crippen LogP contribution in [0.25, 0.3) is 16.5 Å². The number of benzene rings is 3. The summed E-state index contributed by atoms with van der Waals surface area (Å²) in [6.45, 7) is 2.05. The molecular formula is C27H21ClN6O2. The van der Waals surface area contributed by atoms with Crippen LogP contribution in [0.5, 0.6) is 0 Å². The maximum absolute atomic E-state index is 13.1. The number of nitrogens with one attached hydrogen (secondary N) is 1. The molecule has 0 aliphatic rings. The van der Waals surface area contributed by atoms with Gasteiger partial charge in [0.2, 0.25) is 0 Å². The molecule has 5 rings (SSSR count). The normalized spacial score (nSPS) is 11.3. The largest absolute Gasteiger partial charge is 0.292 e. The highest BCUT2D eigenvalue weighted by Crippen LogP contribution is 2.22. The first kappa shape index (κ1) is 23.2. The highest BCUT2D eigenvalue weighted by molar-refractivity contribution is 6.32. The van der Waals surface area contributed by atoms with Crippen molar-refractivity contribution in [3.63, 3.8) is 0 Å². The van der Waals surface area contributed by atoms with Crippen LogP contribution < -0.4 is 11.0 Å². The van der Waals surface area contributed by atoms with E-state index in [9.17, 15) is 9.59 Å². The van der Waals surface area contributed by atoms with Gasteiger partial charge in [0.15, 0.2) is 5.69 Å². The Bertz CT molecular complexity index is 1640. The van der Waals surface area contributed by atoms with E-state index < -0.39 is 5.91 Å². The van der Waals surface area contributed by atoms with Gasteiger partial charge in [-0.05, 0) is 30.7 Å². The molecule has 0 fully saturated rings. The molecule has 2 aromatic heterocycles. The Morgan fingerprint density at radius 3 is 2.31 bits per heavy atom. The number of hydrazone groups is 1. The zero-order valence-corrected chi connectivity index (χ0v) is 20.1. The molecule has 0 atom stereocenters. The van der Waals surface area contributed by atoms with Crippen LogP contribution in [0.15, 0.2) is 94.8 Å². The molecule has 0 aliphatic carbocycles. The summed E-state index contributed by atoms with van der Waals surface area (Å²) >= 11 is 6.54. The van der Waals surface area contributed by atoms with E-state index in [2.05, 4.69) is 20.7 Å². The summed E-state index contributed by atoms with van der Waals surface area (Å²) in [6, 6.07) is 25.8. The number of carbonyl (C=O) groups is 1. The van der Waals surface area contributed by atoms with E-state index in [1.54, 1.807) is 28.9 Å². The van der Waals surface area contributed by atoms with Crippen LogP contribution in [-0.2, 0) is 6.54 Å². The van der Waals surface area contributed by atoms with E-state index in [0.29, 0.717) is 27.2 Å². The lowest BCUT2D eigenvalue weighted by molar-refractivity contribution is 0.0949. The number of para-hydroxylation sites is 1. The molecule has 178 valence electrons. The third kappa shape index (κ3) is 4.54. The number of nitrogens with zero attached hydrogens (tertiary/aromatic N) is 5. The number of rotatable bonds is 6. The van der Waals surface area contributed by atoms with E-state index in [0.717, 1.165) is 11.3 Å². The Labute approximate surface area is 211 Å². The number of hydrogen-bond donors (Lipinski definition) is 1. The highest BCUT2D eigenvalue weighted by atomic mass is 35.5. The average Bonchev–Trinajstić information content (AvgIpc) is 3.20. The topological polar surface area (TPSA) is 94.2 Å². The molecule has 1 N–H and O–H groups in total. The minimum absolute atomic E-state index is 0.0982. The van der Waals surface area contributed by atoms with Crippen LogP contribution >= 0.6 is 11.6 Å². The molecule has 0 aliphatic heterocycles. The summed E-state index contributed by atoms with van der Waals surface area (Å²) in [5, 5.41) is 14.2. The molecular weight excluding hydrogens is 476 g/mol. The van der Waals surface area contributed by atoms with E-state index in [1.165, 1.54) is 10.9 Å². The van der Waals surface area contributed by atoms with E-state index in [4.69, 9.17) is 11.6 Å². The van der Waals surface area contributed by atoms with Crippen molar-refractivity contribution in [1.29, 1.82) is 0 Å². The first-order valence-electron chi connectivity index (χ1n) is 11.2. The standard InChI is InChI=1S/C27H21ClN6O2/c1-18-23(25(28)34(31-18)20-12-6-3-7-13-20)16-29-30-26(35)24-21-14-8-9-15-22(21)27(36)33(32-24)17-19-10-4-2-5-11-19/h2-16H,17H2,1H3,(H,30,35)/b29-16+. The summed E-state index contributed by atoms with van der Waals surface area (Å²) < 4.78 is 2.90. The summed E-state index contributed by atoms with van der Waals surface area (Å²) in [5.74, 6) is -0.548. The molecule has 0 radical (unpaired) electrons. The Balaban J connectivity index is 1.44. The Hall–Kier alpha value is -4.56. The van der Waals surface area contributed by atoms with Crippen LogP contribution in [0.4, 0.5) is 0 Å². The number of fused-ring (bicyclic) bond motifs is 1. The Morgan fingerprint density at radius 2 is 1.58 bits per heavy atom. The Morgan fingerprint density at radius 1 is 0.944 bits per heavy atom. The summed E-state index contributed by atoms with van der Waals surface area (Å²) in [7, 11) is 0. The monoisotopic (exact) mass is 496 g/mol. The lowest BCUT2D eigenvalue weighted by Gasteiger charge is -2.10. The van der Waals surface area contributed by atoms with Gasteiger partial charge in [-0.2, -0.15) is 15.3 Å². The fourth-order valence-corrected chi connectivity index (χ4v) is 4.19. The first-order valence-corrected chi connectivity index (χ1v) is 11.6. The van der Waals surface area contributed by atoms with Crippen LogP contribution in [0.2, 0.25) is 5.15 Å². The van der Waals surface area contributed by atoms with Gasteiger partial charge in [-0.1, -0.05) is 78.3 Å². The molecule has 0 unspecified atom stereocenters. The molecule has 0 saturated heterocycles. The number of aryl methyl sites for hydroxylation is 1. The minimum Gasteiger partial charge on any atom is -0.267 e. The second-order valence-electron chi connectivity index (χ2n) is 8.08. The molecule has 9 heteroatoms. The van der Waals surface area contributed by atoms with Gasteiger partial charge in [-0.3, -0.25) is 9.59 Å². The van der Waals surface area contributed by atoms with E-state index in [1.807, 2.05) is 67.6 Å². The molecule has 5 aromatic rings. The second kappa shape index (κ2) is 9.97. The van der Waals surface area contributed by atoms with Gasteiger partial charge < -0.3 is 0 Å². The van der Waals surface area contributed by atoms with Gasteiger partial charge >= 0.3 is 0 Å². The molecule has 2 heterocycles. The fraction of sp³-hybridized carbons (Fsp3) is 0.0741. The van der Waals surface area contributed by atoms with Crippen molar-refractivity contribution in [3.8, 4) is 5.69 Å². The molecule has 3 aromatic carbocycles. The smallest absolute Gasteiger partial charge is 0.267 e. The highest BCUT2D eigenvalue weighted by Gasteiger charge is 2.17. The van der Waals surface area contributed by atoms with Gasteiger partial charge in [-0.25, -0.2) is 14.8 Å². The number of halogens is 1. The quantitative estimate of drug-likeness (QED) is 0.279. The molecule has 1 amide bonds. The summed E-state index contributed by atoms with van der Waals surface area (Å²) in [6.07, 6.45) is 1.45.